The van der Waals surface area contributed by atoms with Gasteiger partial charge >= 0.3 is 0 Å². The quantitative estimate of drug-likeness (QED) is 0.137. The van der Waals surface area contributed by atoms with Gasteiger partial charge in [-0.15, -0.1) is 10.2 Å². The molecule has 1 aliphatic heterocycles. The van der Waals surface area contributed by atoms with Gasteiger partial charge in [-0.2, -0.15) is 14.6 Å². The number of amides is 2. The Balaban J connectivity index is 0.000000169. The molecule has 2 aliphatic rings. The zero-order valence-corrected chi connectivity index (χ0v) is 37.3. The third-order valence-corrected chi connectivity index (χ3v) is 12.2. The van der Waals surface area contributed by atoms with Crippen LogP contribution in [0.25, 0.3) is 11.4 Å². The molecule has 1 saturated heterocycles. The van der Waals surface area contributed by atoms with Gasteiger partial charge in [0.05, 0.1) is 48.0 Å². The standard InChI is InChI=1S/C25H26ClN9O.C19H16ClFN8O/c1-17-18(3-6-23(30-17)33-14-25(15-33)7-2-8-25)12-34-13-20(11-29-34)24(36)27-10-19-9-21(26)4-5-22(19)35-16-28-31-32-35;1-12-13(2-5-18(21)25-12)9-28-10-15(8-24-28)19(30)22-7-14-6-16(20)3-4-17(14)29-11-23-26-27-29/h3-6,9,11,13,16H,2,7-8,10,12,14-15H2,1H3,(H,27,36);2-6,8,10-11H,7,9H2,1H3,(H,22,30). The molecule has 66 heavy (non-hydrogen) atoms. The molecule has 7 heterocycles. The third-order valence-electron chi connectivity index (χ3n) is 11.7. The van der Waals surface area contributed by atoms with Crippen molar-refractivity contribution in [2.75, 3.05) is 18.0 Å². The fraction of sp³-hybridized carbons (Fsp3) is 0.273. The molecular formula is C44H42Cl2FN17O2. The Hall–Kier alpha value is -7.45. The van der Waals surface area contributed by atoms with Crippen molar-refractivity contribution < 1.29 is 14.0 Å². The highest BCUT2D eigenvalue weighted by atomic mass is 35.5. The average molecular weight is 931 g/mol. The number of rotatable bonds is 13. The SMILES string of the molecule is Cc1nc(F)ccc1Cn1cc(C(=O)NCc2cc(Cl)ccc2-n2cnnn2)cn1.Cc1nc(N2CC3(CCC3)C2)ccc1Cn1cc(C(=O)NCc2cc(Cl)ccc2-n2cnnn2)cn1. The van der Waals surface area contributed by atoms with Crippen LogP contribution in [0.2, 0.25) is 10.0 Å². The molecule has 336 valence electrons. The van der Waals surface area contributed by atoms with E-state index in [9.17, 15) is 14.0 Å². The molecular weight excluding hydrogens is 889 g/mol. The second-order valence-corrected chi connectivity index (χ2v) is 17.1. The van der Waals surface area contributed by atoms with E-state index < -0.39 is 5.95 Å². The van der Waals surface area contributed by atoms with Crippen LogP contribution in [0, 0.1) is 25.2 Å². The Morgan fingerprint density at radius 3 is 1.65 bits per heavy atom. The van der Waals surface area contributed by atoms with Crippen LogP contribution in [-0.2, 0) is 26.2 Å². The first-order valence-corrected chi connectivity index (χ1v) is 21.7. The lowest BCUT2D eigenvalue weighted by molar-refractivity contribution is 0.0896. The Morgan fingerprint density at radius 1 is 0.682 bits per heavy atom. The van der Waals surface area contributed by atoms with E-state index in [1.54, 1.807) is 71.3 Å². The van der Waals surface area contributed by atoms with Gasteiger partial charge in [0.2, 0.25) is 5.95 Å². The second-order valence-electron chi connectivity index (χ2n) is 16.3. The first-order valence-electron chi connectivity index (χ1n) is 21.0. The number of nitrogens with zero attached hydrogens (tertiary/aromatic N) is 15. The van der Waals surface area contributed by atoms with Crippen molar-refractivity contribution in [1.82, 2.24) is 80.6 Å². The molecule has 0 bridgehead atoms. The Bertz CT molecular complexity index is 3000. The molecule has 8 aromatic rings. The van der Waals surface area contributed by atoms with Gasteiger partial charge in [-0.05, 0) is 118 Å². The number of halogens is 3. The average Bonchev–Trinajstić information content (AvgIpc) is 4.13. The first-order chi connectivity index (χ1) is 32.0. The lowest BCUT2D eigenvalue weighted by Crippen LogP contribution is -2.60. The van der Waals surface area contributed by atoms with E-state index in [0.29, 0.717) is 51.1 Å². The van der Waals surface area contributed by atoms with Gasteiger partial charge in [0, 0.05) is 65.4 Å². The molecule has 1 saturated carbocycles. The number of benzene rings is 2. The van der Waals surface area contributed by atoms with E-state index in [-0.39, 0.29) is 24.9 Å². The Kier molecular flexibility index (Phi) is 12.6. The molecule has 2 amide bonds. The van der Waals surface area contributed by atoms with Gasteiger partial charge in [0.15, 0.2) is 0 Å². The van der Waals surface area contributed by atoms with Crippen LogP contribution in [0.3, 0.4) is 0 Å². The van der Waals surface area contributed by atoms with Gasteiger partial charge < -0.3 is 15.5 Å². The zero-order chi connectivity index (χ0) is 45.8. The molecule has 1 spiro atoms. The summed E-state index contributed by atoms with van der Waals surface area (Å²) in [7, 11) is 0. The maximum absolute atomic E-state index is 13.2. The number of aromatic nitrogens is 14. The summed E-state index contributed by atoms with van der Waals surface area (Å²) < 4.78 is 19.5. The molecule has 2 N–H and O–H groups in total. The van der Waals surface area contributed by atoms with Gasteiger partial charge in [-0.1, -0.05) is 41.8 Å². The van der Waals surface area contributed by atoms with Crippen molar-refractivity contribution in [3.63, 3.8) is 0 Å². The summed E-state index contributed by atoms with van der Waals surface area (Å²) in [4.78, 5) is 36.4. The third kappa shape index (κ3) is 9.93. The lowest BCUT2D eigenvalue weighted by Gasteiger charge is -2.56. The predicted octanol–water partition coefficient (Wildman–Crippen LogP) is 5.52. The summed E-state index contributed by atoms with van der Waals surface area (Å²) in [5.41, 5.74) is 7.91. The summed E-state index contributed by atoms with van der Waals surface area (Å²) >= 11 is 12.3. The van der Waals surface area contributed by atoms with Crippen molar-refractivity contribution >= 4 is 40.8 Å². The van der Waals surface area contributed by atoms with Crippen LogP contribution in [-0.4, -0.2) is 94.8 Å². The number of hydrogen-bond acceptors (Lipinski definition) is 13. The summed E-state index contributed by atoms with van der Waals surface area (Å²) in [6.07, 6.45) is 13.5. The fourth-order valence-electron chi connectivity index (χ4n) is 7.99. The monoisotopic (exact) mass is 929 g/mol. The van der Waals surface area contributed by atoms with Gasteiger partial charge in [0.1, 0.15) is 18.5 Å². The minimum absolute atomic E-state index is 0.223. The van der Waals surface area contributed by atoms with Crippen LogP contribution in [0.5, 0.6) is 0 Å². The van der Waals surface area contributed by atoms with Gasteiger partial charge in [0.25, 0.3) is 11.8 Å². The minimum Gasteiger partial charge on any atom is -0.355 e. The van der Waals surface area contributed by atoms with Gasteiger partial charge in [-0.25, -0.2) is 19.3 Å². The summed E-state index contributed by atoms with van der Waals surface area (Å²) in [5.74, 6) is 0.00448. The Morgan fingerprint density at radius 2 is 1.20 bits per heavy atom. The number of aryl methyl sites for hydroxylation is 2. The number of carbonyl (C=O) groups is 2. The molecule has 2 fully saturated rings. The number of hydrogen-bond donors (Lipinski definition) is 2. The van der Waals surface area contributed by atoms with Crippen LogP contribution >= 0.6 is 23.2 Å². The summed E-state index contributed by atoms with van der Waals surface area (Å²) in [6.45, 7) is 7.43. The molecule has 19 nitrogen and oxygen atoms in total. The van der Waals surface area contributed by atoms with E-state index in [2.05, 4.69) is 73.9 Å². The van der Waals surface area contributed by atoms with Gasteiger partial charge in [-0.3, -0.25) is 19.0 Å². The highest BCUT2D eigenvalue weighted by molar-refractivity contribution is 6.31. The maximum Gasteiger partial charge on any atom is 0.254 e. The zero-order valence-electron chi connectivity index (χ0n) is 35.8. The molecule has 2 aromatic carbocycles. The Labute approximate surface area is 387 Å². The lowest BCUT2D eigenvalue weighted by atomic mass is 9.63. The van der Waals surface area contributed by atoms with Crippen molar-refractivity contribution in [3.05, 3.63) is 159 Å². The number of anilines is 1. The van der Waals surface area contributed by atoms with E-state index in [1.807, 2.05) is 13.0 Å². The number of carbonyl (C=O) groups excluding carboxylic acids is 2. The van der Waals surface area contributed by atoms with Crippen LogP contribution in [0.15, 0.2) is 98.1 Å². The minimum atomic E-state index is -0.529. The predicted molar refractivity (Wildman–Crippen MR) is 240 cm³/mol. The van der Waals surface area contributed by atoms with Crippen molar-refractivity contribution in [2.45, 2.75) is 59.3 Å². The van der Waals surface area contributed by atoms with Crippen LogP contribution in [0.1, 0.15) is 73.6 Å². The normalized spacial score (nSPS) is 13.7. The van der Waals surface area contributed by atoms with E-state index in [4.69, 9.17) is 28.2 Å². The molecule has 1 aliphatic carbocycles. The summed E-state index contributed by atoms with van der Waals surface area (Å²) in [5, 5.41) is 37.9. The largest absolute Gasteiger partial charge is 0.355 e. The number of nitrogens with one attached hydrogen (secondary N) is 2. The molecule has 0 unspecified atom stereocenters. The molecule has 10 rings (SSSR count). The topological polar surface area (TPSA) is 210 Å². The van der Waals surface area contributed by atoms with Crippen molar-refractivity contribution in [3.8, 4) is 11.4 Å². The fourth-order valence-corrected chi connectivity index (χ4v) is 8.37. The maximum atomic E-state index is 13.2. The van der Waals surface area contributed by atoms with Crippen molar-refractivity contribution in [2.24, 2.45) is 5.41 Å². The second kappa shape index (κ2) is 18.9. The number of pyridine rings is 2. The molecule has 0 radical (unpaired) electrons. The molecule has 6 aromatic heterocycles. The smallest absolute Gasteiger partial charge is 0.254 e. The molecule has 22 heteroatoms. The number of tetrazole rings is 2. The van der Waals surface area contributed by atoms with E-state index in [1.165, 1.54) is 53.5 Å². The highest BCUT2D eigenvalue weighted by Crippen LogP contribution is 2.49. The highest BCUT2D eigenvalue weighted by Gasteiger charge is 2.47. The molecule has 0 atom stereocenters. The first kappa shape index (κ1) is 43.8. The summed E-state index contributed by atoms with van der Waals surface area (Å²) in [6, 6.07) is 17.8. The van der Waals surface area contributed by atoms with Crippen LogP contribution < -0.4 is 15.5 Å². The van der Waals surface area contributed by atoms with Crippen LogP contribution in [0.4, 0.5) is 10.2 Å². The van der Waals surface area contributed by atoms with Crippen molar-refractivity contribution in [1.29, 1.82) is 0 Å². The van der Waals surface area contributed by atoms with E-state index >= 15 is 0 Å². The van der Waals surface area contributed by atoms with E-state index in [0.717, 1.165) is 52.5 Å².